The minimum absolute atomic E-state index is 0.285. The van der Waals surface area contributed by atoms with Gasteiger partial charge in [-0.05, 0) is 40.0 Å². The molecule has 2 atom stereocenters. The van der Waals surface area contributed by atoms with Crippen molar-refractivity contribution in [1.82, 2.24) is 10.2 Å². The summed E-state index contributed by atoms with van der Waals surface area (Å²) in [6, 6.07) is 1.47. The van der Waals surface area contributed by atoms with E-state index < -0.39 is 0 Å². The zero-order valence-electron chi connectivity index (χ0n) is 10.3. The van der Waals surface area contributed by atoms with Gasteiger partial charge in [0.2, 0.25) is 0 Å². The van der Waals surface area contributed by atoms with E-state index >= 15 is 0 Å². The van der Waals surface area contributed by atoms with Gasteiger partial charge in [0.1, 0.15) is 0 Å². The first kappa shape index (κ1) is 11.2. The smallest absolute Gasteiger partial charge is 0.0253 e. The van der Waals surface area contributed by atoms with Crippen LogP contribution in [0, 0.1) is 0 Å². The number of allylic oxidation sites excluding steroid dienone is 1. The summed E-state index contributed by atoms with van der Waals surface area (Å²) < 4.78 is 0. The van der Waals surface area contributed by atoms with Gasteiger partial charge in [0.25, 0.3) is 0 Å². The van der Waals surface area contributed by atoms with Crippen LogP contribution in [0.1, 0.15) is 40.0 Å². The number of nitrogens with one attached hydrogen (secondary N) is 1. The van der Waals surface area contributed by atoms with E-state index in [1.54, 1.807) is 0 Å². The van der Waals surface area contributed by atoms with Gasteiger partial charge >= 0.3 is 0 Å². The van der Waals surface area contributed by atoms with E-state index in [1.165, 1.54) is 25.8 Å². The van der Waals surface area contributed by atoms with Crippen molar-refractivity contribution in [2.24, 2.45) is 0 Å². The van der Waals surface area contributed by atoms with Crippen molar-refractivity contribution < 1.29 is 0 Å². The number of hydrogen-bond donors (Lipinski definition) is 1. The van der Waals surface area contributed by atoms with Crippen molar-refractivity contribution in [3.63, 3.8) is 0 Å². The molecule has 0 aromatic rings. The lowest BCUT2D eigenvalue weighted by Crippen LogP contribution is -2.63. The van der Waals surface area contributed by atoms with Gasteiger partial charge in [0, 0.05) is 30.7 Å². The van der Waals surface area contributed by atoms with Crippen LogP contribution in [0.15, 0.2) is 12.2 Å². The van der Waals surface area contributed by atoms with Gasteiger partial charge in [0.15, 0.2) is 0 Å². The molecule has 15 heavy (non-hydrogen) atoms. The summed E-state index contributed by atoms with van der Waals surface area (Å²) in [5.74, 6) is 0. The third-order valence-corrected chi connectivity index (χ3v) is 3.73. The van der Waals surface area contributed by atoms with Gasteiger partial charge in [-0.1, -0.05) is 12.2 Å². The van der Waals surface area contributed by atoms with E-state index in [0.29, 0.717) is 6.04 Å². The molecule has 0 saturated carbocycles. The Labute approximate surface area is 93.7 Å². The van der Waals surface area contributed by atoms with Crippen LogP contribution < -0.4 is 5.32 Å². The molecule has 86 valence electrons. The van der Waals surface area contributed by atoms with Crippen molar-refractivity contribution in [3.8, 4) is 0 Å². The van der Waals surface area contributed by atoms with Crippen LogP contribution >= 0.6 is 0 Å². The van der Waals surface area contributed by atoms with E-state index in [4.69, 9.17) is 0 Å². The van der Waals surface area contributed by atoms with Gasteiger partial charge in [0.05, 0.1) is 0 Å². The van der Waals surface area contributed by atoms with Crippen LogP contribution in [0.5, 0.6) is 0 Å². The van der Waals surface area contributed by atoms with Crippen LogP contribution in [-0.2, 0) is 0 Å². The summed E-state index contributed by atoms with van der Waals surface area (Å²) in [4.78, 5) is 2.71. The fourth-order valence-corrected chi connectivity index (χ4v) is 2.78. The second kappa shape index (κ2) is 4.26. The largest absolute Gasteiger partial charge is 0.309 e. The number of nitrogens with zero attached hydrogens (tertiary/aromatic N) is 1. The lowest BCUT2D eigenvalue weighted by molar-refractivity contribution is 0.0582. The molecule has 1 saturated heterocycles. The first-order valence-corrected chi connectivity index (χ1v) is 6.24. The normalized spacial score (nSPS) is 36.7. The molecule has 2 heteroatoms. The molecule has 0 bridgehead atoms. The van der Waals surface area contributed by atoms with Crippen LogP contribution in [0.2, 0.25) is 0 Å². The molecule has 2 rings (SSSR count). The molecular weight excluding hydrogens is 184 g/mol. The van der Waals surface area contributed by atoms with Gasteiger partial charge in [-0.2, -0.15) is 0 Å². The highest BCUT2D eigenvalue weighted by Crippen LogP contribution is 2.24. The average Bonchev–Trinajstić information content (AvgIpc) is 2.23. The highest BCUT2D eigenvalue weighted by atomic mass is 15.3. The summed E-state index contributed by atoms with van der Waals surface area (Å²) in [5, 5.41) is 3.62. The Bertz CT molecular complexity index is 245. The maximum Gasteiger partial charge on any atom is 0.0253 e. The minimum Gasteiger partial charge on any atom is -0.309 e. The molecule has 0 aromatic carbocycles. The van der Waals surface area contributed by atoms with Crippen molar-refractivity contribution in [3.05, 3.63) is 12.2 Å². The Hall–Kier alpha value is -0.340. The monoisotopic (exact) mass is 208 g/mol. The topological polar surface area (TPSA) is 15.3 Å². The zero-order chi connectivity index (χ0) is 10.9. The van der Waals surface area contributed by atoms with Crippen LogP contribution in [0.4, 0.5) is 0 Å². The molecule has 1 aliphatic heterocycles. The molecule has 1 aliphatic carbocycles. The first-order chi connectivity index (χ1) is 7.08. The quantitative estimate of drug-likeness (QED) is 0.664. The Balaban J connectivity index is 2.02. The summed E-state index contributed by atoms with van der Waals surface area (Å²) in [5.41, 5.74) is 0.285. The van der Waals surface area contributed by atoms with Crippen LogP contribution in [0.3, 0.4) is 0 Å². The standard InChI is InChI=1S/C13H24N2/c1-11-9-14-13(2,3)10-15(11)12-7-5-4-6-8-12/h4-5,11-12,14H,6-10H2,1-3H3. The van der Waals surface area contributed by atoms with Crippen LogP contribution in [-0.4, -0.2) is 35.6 Å². The van der Waals surface area contributed by atoms with Crippen LogP contribution in [0.25, 0.3) is 0 Å². The SMILES string of the molecule is CC1CNC(C)(C)CN1C1CC=CCC1. The van der Waals surface area contributed by atoms with Crippen molar-refractivity contribution >= 4 is 0 Å². The van der Waals surface area contributed by atoms with Gasteiger partial charge < -0.3 is 5.32 Å². The molecule has 2 unspecified atom stereocenters. The maximum absolute atomic E-state index is 3.62. The number of piperazine rings is 1. The minimum atomic E-state index is 0.285. The predicted molar refractivity (Wildman–Crippen MR) is 65.0 cm³/mol. The Kier molecular flexibility index (Phi) is 3.17. The summed E-state index contributed by atoms with van der Waals surface area (Å²) >= 11 is 0. The highest BCUT2D eigenvalue weighted by Gasteiger charge is 2.33. The second-order valence-corrected chi connectivity index (χ2v) is 5.72. The van der Waals surface area contributed by atoms with E-state index in [-0.39, 0.29) is 5.54 Å². The third kappa shape index (κ3) is 2.61. The fourth-order valence-electron chi connectivity index (χ4n) is 2.78. The van der Waals surface area contributed by atoms with Gasteiger partial charge in [-0.15, -0.1) is 0 Å². The fraction of sp³-hybridized carbons (Fsp3) is 0.846. The number of rotatable bonds is 1. The molecule has 1 fully saturated rings. The van der Waals surface area contributed by atoms with E-state index in [1.807, 2.05) is 0 Å². The first-order valence-electron chi connectivity index (χ1n) is 6.24. The Morgan fingerprint density at radius 1 is 1.33 bits per heavy atom. The average molecular weight is 208 g/mol. The van der Waals surface area contributed by atoms with E-state index in [0.717, 1.165) is 12.6 Å². The summed E-state index contributed by atoms with van der Waals surface area (Å²) in [7, 11) is 0. The molecule has 0 radical (unpaired) electrons. The highest BCUT2D eigenvalue weighted by molar-refractivity contribution is 4.99. The summed E-state index contributed by atoms with van der Waals surface area (Å²) in [6.45, 7) is 9.29. The van der Waals surface area contributed by atoms with Crippen molar-refractivity contribution in [1.29, 1.82) is 0 Å². The molecule has 0 spiro atoms. The Morgan fingerprint density at radius 2 is 2.13 bits per heavy atom. The van der Waals surface area contributed by atoms with Crippen molar-refractivity contribution in [2.45, 2.75) is 57.7 Å². The van der Waals surface area contributed by atoms with E-state index in [2.05, 4.69) is 43.1 Å². The lowest BCUT2D eigenvalue weighted by Gasteiger charge is -2.47. The van der Waals surface area contributed by atoms with E-state index in [9.17, 15) is 0 Å². The lowest BCUT2D eigenvalue weighted by atomic mass is 9.93. The molecule has 0 amide bonds. The molecule has 1 heterocycles. The molecule has 2 nitrogen and oxygen atoms in total. The predicted octanol–water partition coefficient (Wildman–Crippen LogP) is 2.17. The third-order valence-electron chi connectivity index (χ3n) is 3.73. The number of hydrogen-bond acceptors (Lipinski definition) is 2. The van der Waals surface area contributed by atoms with Gasteiger partial charge in [-0.25, -0.2) is 0 Å². The Morgan fingerprint density at radius 3 is 2.80 bits per heavy atom. The molecular formula is C13H24N2. The zero-order valence-corrected chi connectivity index (χ0v) is 10.3. The molecule has 2 aliphatic rings. The summed E-state index contributed by atoms with van der Waals surface area (Å²) in [6.07, 6.45) is 8.55. The molecule has 1 N–H and O–H groups in total. The van der Waals surface area contributed by atoms with Crippen molar-refractivity contribution in [2.75, 3.05) is 13.1 Å². The maximum atomic E-state index is 3.62. The second-order valence-electron chi connectivity index (χ2n) is 5.72. The molecule has 0 aromatic heterocycles. The van der Waals surface area contributed by atoms with Gasteiger partial charge in [-0.3, -0.25) is 4.90 Å².